The molecular formula is C16H10Cl. The van der Waals surface area contributed by atoms with E-state index in [9.17, 15) is 0 Å². The molecule has 1 radical (unpaired) electrons. The normalized spacial score (nSPS) is 10.6. The second-order valence-electron chi connectivity index (χ2n) is 3.97. The van der Waals surface area contributed by atoms with E-state index in [2.05, 4.69) is 30.3 Å². The van der Waals surface area contributed by atoms with Gasteiger partial charge in [-0.05, 0) is 40.1 Å². The number of hydrogen-bond acceptors (Lipinski definition) is 0. The fraction of sp³-hybridized carbons (Fsp3) is 0. The van der Waals surface area contributed by atoms with Crippen molar-refractivity contribution in [3.05, 3.63) is 71.8 Å². The maximum atomic E-state index is 6.00. The van der Waals surface area contributed by atoms with Crippen LogP contribution in [-0.4, -0.2) is 0 Å². The molecule has 0 bridgehead atoms. The highest BCUT2D eigenvalue weighted by atomic mass is 35.5. The molecule has 0 N–H and O–H groups in total. The van der Waals surface area contributed by atoms with Crippen LogP contribution in [0.4, 0.5) is 0 Å². The molecule has 81 valence electrons. The molecule has 0 amide bonds. The smallest absolute Gasteiger partial charge is 0.0412 e. The Balaban J connectivity index is 2.18. The summed E-state index contributed by atoms with van der Waals surface area (Å²) in [5.74, 6) is 0. The number of hydrogen-bond donors (Lipinski definition) is 0. The Morgan fingerprint density at radius 1 is 0.824 bits per heavy atom. The van der Waals surface area contributed by atoms with Gasteiger partial charge in [0, 0.05) is 5.02 Å². The van der Waals surface area contributed by atoms with E-state index in [1.54, 1.807) is 0 Å². The van der Waals surface area contributed by atoms with Crippen LogP contribution in [0.1, 0.15) is 0 Å². The topological polar surface area (TPSA) is 0 Å². The number of benzene rings is 3. The Bertz CT molecular complexity index is 671. The quantitative estimate of drug-likeness (QED) is 0.561. The Labute approximate surface area is 105 Å². The van der Waals surface area contributed by atoms with Crippen molar-refractivity contribution < 1.29 is 0 Å². The Morgan fingerprint density at radius 2 is 1.71 bits per heavy atom. The highest BCUT2D eigenvalue weighted by Gasteiger charge is 2.00. The van der Waals surface area contributed by atoms with Gasteiger partial charge in [0.05, 0.1) is 0 Å². The van der Waals surface area contributed by atoms with Gasteiger partial charge in [0.25, 0.3) is 0 Å². The van der Waals surface area contributed by atoms with Crippen LogP contribution in [0.2, 0.25) is 5.02 Å². The average Bonchev–Trinajstić information content (AvgIpc) is 2.38. The molecular weight excluding hydrogens is 228 g/mol. The van der Waals surface area contributed by atoms with Gasteiger partial charge in [0.15, 0.2) is 0 Å². The van der Waals surface area contributed by atoms with E-state index in [0.717, 1.165) is 21.5 Å². The minimum atomic E-state index is 0.754. The van der Waals surface area contributed by atoms with Gasteiger partial charge in [-0.15, -0.1) is 0 Å². The molecule has 0 aliphatic carbocycles. The lowest BCUT2D eigenvalue weighted by Crippen LogP contribution is -1.79. The maximum absolute atomic E-state index is 6.00. The first-order chi connectivity index (χ1) is 8.33. The first-order valence-corrected chi connectivity index (χ1v) is 5.88. The summed E-state index contributed by atoms with van der Waals surface area (Å²) >= 11 is 6.00. The van der Waals surface area contributed by atoms with Gasteiger partial charge < -0.3 is 0 Å². The Morgan fingerprint density at radius 3 is 2.59 bits per heavy atom. The summed E-state index contributed by atoms with van der Waals surface area (Å²) in [6.07, 6.45) is 0. The fourth-order valence-electron chi connectivity index (χ4n) is 1.94. The van der Waals surface area contributed by atoms with Gasteiger partial charge in [-0.2, -0.15) is 0 Å². The number of halogens is 1. The molecule has 3 rings (SSSR count). The van der Waals surface area contributed by atoms with Gasteiger partial charge in [-0.25, -0.2) is 0 Å². The summed E-state index contributed by atoms with van der Waals surface area (Å²) in [6, 6.07) is 23.7. The lowest BCUT2D eigenvalue weighted by molar-refractivity contribution is 1.63. The van der Waals surface area contributed by atoms with Gasteiger partial charge in [-0.1, -0.05) is 60.1 Å². The zero-order chi connectivity index (χ0) is 11.7. The van der Waals surface area contributed by atoms with Crippen LogP contribution in [0.3, 0.4) is 0 Å². The molecule has 0 spiro atoms. The van der Waals surface area contributed by atoms with Gasteiger partial charge in [0.1, 0.15) is 0 Å². The molecule has 3 aromatic rings. The zero-order valence-corrected chi connectivity index (χ0v) is 9.91. The number of rotatable bonds is 1. The minimum absolute atomic E-state index is 0.754. The average molecular weight is 238 g/mol. The van der Waals surface area contributed by atoms with Crippen LogP contribution in [-0.2, 0) is 0 Å². The van der Waals surface area contributed by atoms with Crippen LogP contribution in [0.15, 0.2) is 60.7 Å². The third-order valence-corrected chi connectivity index (χ3v) is 3.03. The van der Waals surface area contributed by atoms with Crippen molar-refractivity contribution in [2.24, 2.45) is 0 Å². The van der Waals surface area contributed by atoms with Crippen molar-refractivity contribution >= 4 is 22.4 Å². The van der Waals surface area contributed by atoms with Crippen molar-refractivity contribution in [2.45, 2.75) is 0 Å². The van der Waals surface area contributed by atoms with Crippen molar-refractivity contribution in [1.29, 1.82) is 0 Å². The minimum Gasteiger partial charge on any atom is -0.0843 e. The molecule has 0 heterocycles. The van der Waals surface area contributed by atoms with Crippen molar-refractivity contribution in [3.63, 3.8) is 0 Å². The molecule has 3 aromatic carbocycles. The van der Waals surface area contributed by atoms with E-state index in [1.165, 1.54) is 5.39 Å². The second-order valence-corrected chi connectivity index (χ2v) is 4.41. The first-order valence-electron chi connectivity index (χ1n) is 5.50. The molecule has 0 aromatic heterocycles. The summed E-state index contributed by atoms with van der Waals surface area (Å²) in [5, 5.41) is 3.09. The second kappa shape index (κ2) is 4.23. The van der Waals surface area contributed by atoms with E-state index in [4.69, 9.17) is 11.6 Å². The maximum Gasteiger partial charge on any atom is 0.0412 e. The van der Waals surface area contributed by atoms with Crippen LogP contribution >= 0.6 is 11.6 Å². The summed E-state index contributed by atoms with van der Waals surface area (Å²) in [7, 11) is 0. The lowest BCUT2D eigenvalue weighted by atomic mass is 10.0. The standard InChI is InChI=1S/C16H10Cl/c17-16-7-3-6-14(11-16)15-9-8-12-4-1-2-5-13(12)10-15/h1-9,11H. The third-order valence-electron chi connectivity index (χ3n) is 2.80. The van der Waals surface area contributed by atoms with E-state index in [-0.39, 0.29) is 0 Å². The molecule has 0 fully saturated rings. The molecule has 0 saturated heterocycles. The lowest BCUT2D eigenvalue weighted by Gasteiger charge is -2.03. The highest BCUT2D eigenvalue weighted by Crippen LogP contribution is 2.25. The van der Waals surface area contributed by atoms with Crippen molar-refractivity contribution in [2.75, 3.05) is 0 Å². The van der Waals surface area contributed by atoms with Crippen LogP contribution in [0, 0.1) is 6.07 Å². The Kier molecular flexibility index (Phi) is 2.58. The first kappa shape index (κ1) is 10.4. The SMILES string of the molecule is Clc1cccc(-c2[c]c3ccccc3cc2)c1. The summed E-state index contributed by atoms with van der Waals surface area (Å²) in [6.45, 7) is 0. The number of fused-ring (bicyclic) bond motifs is 1. The van der Waals surface area contributed by atoms with Gasteiger partial charge >= 0.3 is 0 Å². The molecule has 0 atom stereocenters. The molecule has 1 heteroatoms. The van der Waals surface area contributed by atoms with Crippen LogP contribution in [0.5, 0.6) is 0 Å². The van der Waals surface area contributed by atoms with E-state index < -0.39 is 0 Å². The molecule has 17 heavy (non-hydrogen) atoms. The van der Waals surface area contributed by atoms with E-state index in [0.29, 0.717) is 0 Å². The summed E-state index contributed by atoms with van der Waals surface area (Å²) in [5.41, 5.74) is 2.18. The van der Waals surface area contributed by atoms with Gasteiger partial charge in [-0.3, -0.25) is 0 Å². The Hall–Kier alpha value is -1.79. The highest BCUT2D eigenvalue weighted by molar-refractivity contribution is 6.30. The zero-order valence-electron chi connectivity index (χ0n) is 9.15. The van der Waals surface area contributed by atoms with Gasteiger partial charge in [0.2, 0.25) is 0 Å². The monoisotopic (exact) mass is 237 g/mol. The van der Waals surface area contributed by atoms with Crippen LogP contribution in [0.25, 0.3) is 21.9 Å². The molecule has 0 nitrogen and oxygen atoms in total. The largest absolute Gasteiger partial charge is 0.0843 e. The summed E-state index contributed by atoms with van der Waals surface area (Å²) in [4.78, 5) is 0. The predicted octanol–water partition coefficient (Wildman–Crippen LogP) is 4.96. The molecule has 0 aliphatic heterocycles. The molecule has 0 saturated carbocycles. The summed E-state index contributed by atoms with van der Waals surface area (Å²) < 4.78 is 0. The van der Waals surface area contributed by atoms with Crippen molar-refractivity contribution in [3.8, 4) is 11.1 Å². The predicted molar refractivity (Wildman–Crippen MR) is 73.2 cm³/mol. The molecule has 0 unspecified atom stereocenters. The third kappa shape index (κ3) is 2.04. The van der Waals surface area contributed by atoms with E-state index in [1.807, 2.05) is 36.4 Å². The van der Waals surface area contributed by atoms with Crippen LogP contribution < -0.4 is 0 Å². The van der Waals surface area contributed by atoms with E-state index >= 15 is 0 Å². The fourth-order valence-corrected chi connectivity index (χ4v) is 2.13. The van der Waals surface area contributed by atoms with Crippen molar-refractivity contribution in [1.82, 2.24) is 0 Å². The molecule has 0 aliphatic rings.